The molecule has 0 unspecified atom stereocenters. The van der Waals surface area contributed by atoms with Crippen LogP contribution in [-0.2, 0) is 16.3 Å². The molecule has 0 saturated carbocycles. The largest absolute Gasteiger partial charge is 0.369 e. The van der Waals surface area contributed by atoms with Crippen molar-refractivity contribution in [3.63, 3.8) is 0 Å². The van der Waals surface area contributed by atoms with E-state index in [2.05, 4.69) is 15.3 Å². The zero-order chi connectivity index (χ0) is 12.0. The summed E-state index contributed by atoms with van der Waals surface area (Å²) in [5.74, 6) is 0.992. The highest BCUT2D eigenvalue weighted by molar-refractivity contribution is 7.91. The minimum atomic E-state index is -2.91. The number of nitrogens with zero attached hydrogens (tertiary/aromatic N) is 2. The average molecular weight is 243 g/mol. The molecule has 0 bridgehead atoms. The highest BCUT2D eigenvalue weighted by Crippen LogP contribution is 2.04. The number of hydrogen-bond donors (Lipinski definition) is 1. The summed E-state index contributed by atoms with van der Waals surface area (Å²) in [5, 5.41) is 2.98. The summed E-state index contributed by atoms with van der Waals surface area (Å²) in [4.78, 5) is 8.08. The van der Waals surface area contributed by atoms with Crippen molar-refractivity contribution in [1.29, 1.82) is 0 Å². The smallest absolute Gasteiger partial charge is 0.151 e. The third-order valence-corrected chi connectivity index (χ3v) is 3.95. The third-order valence-electron chi connectivity index (χ3n) is 2.24. The Morgan fingerprint density at radius 3 is 2.69 bits per heavy atom. The molecule has 0 aliphatic rings. The molecule has 6 heteroatoms. The summed E-state index contributed by atoms with van der Waals surface area (Å²) in [5.41, 5.74) is 0.941. The van der Waals surface area contributed by atoms with Crippen LogP contribution in [0.5, 0.6) is 0 Å². The lowest BCUT2D eigenvalue weighted by Crippen LogP contribution is -2.17. The van der Waals surface area contributed by atoms with Gasteiger partial charge in [0.15, 0.2) is 9.84 Å². The molecule has 0 aliphatic heterocycles. The lowest BCUT2D eigenvalue weighted by Gasteiger charge is -2.06. The van der Waals surface area contributed by atoms with E-state index in [4.69, 9.17) is 0 Å². The first-order chi connectivity index (χ1) is 7.57. The summed E-state index contributed by atoms with van der Waals surface area (Å²) in [7, 11) is -2.91. The van der Waals surface area contributed by atoms with Crippen LogP contribution in [0.2, 0.25) is 0 Å². The van der Waals surface area contributed by atoms with Crippen LogP contribution in [-0.4, -0.2) is 36.4 Å². The van der Waals surface area contributed by atoms with Crippen LogP contribution in [0.1, 0.15) is 19.5 Å². The van der Waals surface area contributed by atoms with E-state index in [-0.39, 0.29) is 11.5 Å². The molecule has 0 aromatic carbocycles. The van der Waals surface area contributed by atoms with E-state index in [1.807, 2.05) is 13.0 Å². The number of aromatic nitrogens is 2. The van der Waals surface area contributed by atoms with Crippen molar-refractivity contribution in [2.45, 2.75) is 20.3 Å². The van der Waals surface area contributed by atoms with E-state index in [1.165, 1.54) is 6.33 Å². The maximum atomic E-state index is 11.2. The van der Waals surface area contributed by atoms with Gasteiger partial charge in [-0.2, -0.15) is 0 Å². The van der Waals surface area contributed by atoms with Gasteiger partial charge in [0.05, 0.1) is 5.75 Å². The average Bonchev–Trinajstić information content (AvgIpc) is 2.29. The Labute approximate surface area is 96.2 Å². The van der Waals surface area contributed by atoms with E-state index in [1.54, 1.807) is 6.92 Å². The van der Waals surface area contributed by atoms with Crippen molar-refractivity contribution < 1.29 is 8.42 Å². The molecule has 0 atom stereocenters. The van der Waals surface area contributed by atoms with E-state index >= 15 is 0 Å². The van der Waals surface area contributed by atoms with E-state index in [0.29, 0.717) is 12.4 Å². The Kier molecular flexibility index (Phi) is 4.67. The first-order valence-electron chi connectivity index (χ1n) is 5.32. The SMILES string of the molecule is CCc1cc(NCCS(=O)(=O)CC)ncn1. The number of rotatable bonds is 6. The molecule has 1 aromatic rings. The van der Waals surface area contributed by atoms with Gasteiger partial charge in [0.2, 0.25) is 0 Å². The molecule has 1 heterocycles. The fourth-order valence-electron chi connectivity index (χ4n) is 1.17. The third kappa shape index (κ3) is 4.14. The van der Waals surface area contributed by atoms with E-state index in [0.717, 1.165) is 12.1 Å². The summed E-state index contributed by atoms with van der Waals surface area (Å²) in [6.07, 6.45) is 2.32. The van der Waals surface area contributed by atoms with Crippen molar-refractivity contribution in [3.8, 4) is 0 Å². The minimum Gasteiger partial charge on any atom is -0.369 e. The molecule has 0 amide bonds. The van der Waals surface area contributed by atoms with Crippen LogP contribution in [0.15, 0.2) is 12.4 Å². The van der Waals surface area contributed by atoms with E-state index < -0.39 is 9.84 Å². The quantitative estimate of drug-likeness (QED) is 0.803. The molecule has 90 valence electrons. The number of hydrogen-bond acceptors (Lipinski definition) is 5. The molecule has 1 rings (SSSR count). The molecule has 0 radical (unpaired) electrons. The van der Waals surface area contributed by atoms with Gasteiger partial charge in [-0.05, 0) is 6.42 Å². The number of anilines is 1. The molecule has 5 nitrogen and oxygen atoms in total. The van der Waals surface area contributed by atoms with Gasteiger partial charge in [-0.25, -0.2) is 18.4 Å². The highest BCUT2D eigenvalue weighted by Gasteiger charge is 2.06. The zero-order valence-corrected chi connectivity index (χ0v) is 10.4. The lowest BCUT2D eigenvalue weighted by atomic mass is 10.3. The standard InChI is InChI=1S/C10H17N3O2S/c1-3-9-7-10(13-8-12-9)11-5-6-16(14,15)4-2/h7-8H,3-6H2,1-2H3,(H,11,12,13). The molecule has 1 N–H and O–H groups in total. The molecule has 0 fully saturated rings. The molecule has 0 saturated heterocycles. The van der Waals surface area contributed by atoms with Crippen molar-refractivity contribution in [2.75, 3.05) is 23.4 Å². The Bertz CT molecular complexity index is 431. The molecular formula is C10H17N3O2S. The maximum Gasteiger partial charge on any atom is 0.151 e. The van der Waals surface area contributed by atoms with Gasteiger partial charge in [-0.15, -0.1) is 0 Å². The van der Waals surface area contributed by atoms with Crippen molar-refractivity contribution in [3.05, 3.63) is 18.1 Å². The van der Waals surface area contributed by atoms with Gasteiger partial charge in [-0.1, -0.05) is 13.8 Å². The summed E-state index contributed by atoms with van der Waals surface area (Å²) in [6.45, 7) is 4.04. The first kappa shape index (κ1) is 12.9. The Morgan fingerprint density at radius 1 is 1.31 bits per heavy atom. The van der Waals surface area contributed by atoms with Gasteiger partial charge in [0.1, 0.15) is 12.1 Å². The first-order valence-corrected chi connectivity index (χ1v) is 7.14. The van der Waals surface area contributed by atoms with Gasteiger partial charge in [0.25, 0.3) is 0 Å². The Morgan fingerprint density at radius 2 is 2.06 bits per heavy atom. The molecule has 0 spiro atoms. The predicted molar refractivity (Wildman–Crippen MR) is 64.2 cm³/mol. The van der Waals surface area contributed by atoms with Crippen LogP contribution < -0.4 is 5.32 Å². The van der Waals surface area contributed by atoms with Crippen LogP contribution in [0.3, 0.4) is 0 Å². The topological polar surface area (TPSA) is 72.0 Å². The Balaban J connectivity index is 2.49. The highest BCUT2D eigenvalue weighted by atomic mass is 32.2. The van der Waals surface area contributed by atoms with Crippen molar-refractivity contribution >= 4 is 15.7 Å². The number of nitrogens with one attached hydrogen (secondary N) is 1. The minimum absolute atomic E-state index is 0.134. The summed E-state index contributed by atoms with van der Waals surface area (Å²) < 4.78 is 22.5. The molecule has 1 aromatic heterocycles. The lowest BCUT2D eigenvalue weighted by molar-refractivity contribution is 0.597. The van der Waals surface area contributed by atoms with E-state index in [9.17, 15) is 8.42 Å². The summed E-state index contributed by atoms with van der Waals surface area (Å²) >= 11 is 0. The predicted octanol–water partition coefficient (Wildman–Crippen LogP) is 0.886. The van der Waals surface area contributed by atoms with Crippen LogP contribution in [0.25, 0.3) is 0 Å². The second kappa shape index (κ2) is 5.79. The number of sulfone groups is 1. The van der Waals surface area contributed by atoms with Crippen LogP contribution in [0, 0.1) is 0 Å². The molecular weight excluding hydrogens is 226 g/mol. The summed E-state index contributed by atoms with van der Waals surface area (Å²) in [6, 6.07) is 1.83. The monoisotopic (exact) mass is 243 g/mol. The molecule has 16 heavy (non-hydrogen) atoms. The Hall–Kier alpha value is -1.17. The normalized spacial score (nSPS) is 11.4. The number of aryl methyl sites for hydroxylation is 1. The van der Waals surface area contributed by atoms with Crippen LogP contribution >= 0.6 is 0 Å². The van der Waals surface area contributed by atoms with Crippen LogP contribution in [0.4, 0.5) is 5.82 Å². The fraction of sp³-hybridized carbons (Fsp3) is 0.600. The van der Waals surface area contributed by atoms with Gasteiger partial charge in [0, 0.05) is 24.1 Å². The zero-order valence-electron chi connectivity index (χ0n) is 9.60. The van der Waals surface area contributed by atoms with Gasteiger partial charge >= 0.3 is 0 Å². The molecule has 0 aliphatic carbocycles. The second-order valence-electron chi connectivity index (χ2n) is 3.41. The van der Waals surface area contributed by atoms with Gasteiger partial charge < -0.3 is 5.32 Å². The van der Waals surface area contributed by atoms with Crippen molar-refractivity contribution in [2.24, 2.45) is 0 Å². The maximum absolute atomic E-state index is 11.2. The van der Waals surface area contributed by atoms with Crippen molar-refractivity contribution in [1.82, 2.24) is 9.97 Å². The van der Waals surface area contributed by atoms with Gasteiger partial charge in [-0.3, -0.25) is 0 Å². The fourth-order valence-corrected chi connectivity index (χ4v) is 1.87. The second-order valence-corrected chi connectivity index (χ2v) is 5.88.